The van der Waals surface area contributed by atoms with Gasteiger partial charge in [-0.3, -0.25) is 0 Å². The van der Waals surface area contributed by atoms with Crippen LogP contribution in [0.5, 0.6) is 0 Å². The van der Waals surface area contributed by atoms with Crippen LogP contribution in [0.4, 0.5) is 0 Å². The second-order valence-electron chi connectivity index (χ2n) is 5.02. The van der Waals surface area contributed by atoms with Crippen LogP contribution in [0.1, 0.15) is 20.3 Å². The lowest BCUT2D eigenvalue weighted by Gasteiger charge is -2.24. The summed E-state index contributed by atoms with van der Waals surface area (Å²) >= 11 is 0. The lowest BCUT2D eigenvalue weighted by atomic mass is 9.83. The van der Waals surface area contributed by atoms with Gasteiger partial charge in [0.15, 0.2) is 0 Å². The zero-order valence-electron chi connectivity index (χ0n) is 9.75. The van der Waals surface area contributed by atoms with Crippen molar-refractivity contribution in [2.75, 3.05) is 39.9 Å². The minimum Gasteiger partial charge on any atom is -0.384 e. The van der Waals surface area contributed by atoms with Crippen molar-refractivity contribution in [1.82, 2.24) is 4.90 Å². The minimum absolute atomic E-state index is 0.393. The minimum atomic E-state index is 0.393. The number of nitrogens with zero attached hydrogens (tertiary/aromatic N) is 1. The number of methoxy groups -OCH3 is 1. The maximum absolute atomic E-state index is 5.52. The summed E-state index contributed by atoms with van der Waals surface area (Å²) in [6, 6.07) is 0. The summed E-state index contributed by atoms with van der Waals surface area (Å²) < 4.78 is 5.26. The van der Waals surface area contributed by atoms with Crippen LogP contribution in [0, 0.1) is 11.3 Å². The van der Waals surface area contributed by atoms with E-state index >= 15 is 0 Å². The van der Waals surface area contributed by atoms with E-state index in [0.29, 0.717) is 11.3 Å². The molecule has 1 fully saturated rings. The number of nitrogens with two attached hydrogens (primary N) is 1. The fourth-order valence-corrected chi connectivity index (χ4v) is 2.29. The average Bonchev–Trinajstić information content (AvgIpc) is 2.39. The first-order valence-corrected chi connectivity index (χ1v) is 5.51. The van der Waals surface area contributed by atoms with Gasteiger partial charge in [0.1, 0.15) is 0 Å². The predicted octanol–water partition coefficient (Wildman–Crippen LogP) is 0.940. The van der Waals surface area contributed by atoms with Gasteiger partial charge in [-0.2, -0.15) is 0 Å². The summed E-state index contributed by atoms with van der Waals surface area (Å²) in [5.74, 6) is 0.672. The summed E-state index contributed by atoms with van der Waals surface area (Å²) in [4.78, 5) is 2.51. The van der Waals surface area contributed by atoms with Crippen molar-refractivity contribution in [1.29, 1.82) is 0 Å². The first-order valence-electron chi connectivity index (χ1n) is 5.51. The van der Waals surface area contributed by atoms with E-state index in [9.17, 15) is 0 Å². The Labute approximate surface area is 87.6 Å². The third-order valence-corrected chi connectivity index (χ3v) is 3.26. The van der Waals surface area contributed by atoms with E-state index in [1.165, 1.54) is 13.1 Å². The van der Waals surface area contributed by atoms with Crippen LogP contribution in [-0.4, -0.2) is 44.8 Å². The molecule has 2 N–H and O–H groups in total. The second-order valence-corrected chi connectivity index (χ2v) is 5.02. The fraction of sp³-hybridized carbons (Fsp3) is 1.00. The maximum Gasteiger partial charge on any atom is 0.0508 e. The van der Waals surface area contributed by atoms with Crippen LogP contribution in [0.3, 0.4) is 0 Å². The molecule has 0 aliphatic carbocycles. The number of hydrogen-bond acceptors (Lipinski definition) is 3. The van der Waals surface area contributed by atoms with Crippen LogP contribution in [0.2, 0.25) is 0 Å². The topological polar surface area (TPSA) is 38.5 Å². The van der Waals surface area contributed by atoms with Crippen molar-refractivity contribution in [2.24, 2.45) is 17.1 Å². The van der Waals surface area contributed by atoms with Gasteiger partial charge in [-0.15, -0.1) is 0 Å². The number of rotatable bonds is 5. The molecule has 0 aromatic heterocycles. The highest BCUT2D eigenvalue weighted by molar-refractivity contribution is 4.90. The highest BCUT2D eigenvalue weighted by Crippen LogP contribution is 2.35. The zero-order chi connectivity index (χ0) is 10.6. The predicted molar refractivity (Wildman–Crippen MR) is 59.3 cm³/mol. The number of ether oxygens (including phenoxy) is 1. The Morgan fingerprint density at radius 1 is 1.50 bits per heavy atom. The van der Waals surface area contributed by atoms with Gasteiger partial charge >= 0.3 is 0 Å². The Kier molecular flexibility index (Phi) is 4.35. The highest BCUT2D eigenvalue weighted by Gasteiger charge is 2.38. The van der Waals surface area contributed by atoms with Crippen molar-refractivity contribution >= 4 is 0 Å². The number of hydrogen-bond donors (Lipinski definition) is 1. The van der Waals surface area contributed by atoms with Crippen LogP contribution >= 0.6 is 0 Å². The van der Waals surface area contributed by atoms with E-state index in [1.807, 2.05) is 0 Å². The molecule has 3 nitrogen and oxygen atoms in total. The van der Waals surface area contributed by atoms with Gasteiger partial charge in [0, 0.05) is 26.1 Å². The molecule has 0 radical (unpaired) electrons. The van der Waals surface area contributed by atoms with E-state index in [2.05, 4.69) is 18.7 Å². The molecule has 1 aliphatic rings. The van der Waals surface area contributed by atoms with E-state index in [-0.39, 0.29) is 0 Å². The average molecular weight is 200 g/mol. The maximum atomic E-state index is 5.52. The number of likely N-dealkylation sites (tertiary alicyclic amines) is 1. The molecule has 1 saturated heterocycles. The Hall–Kier alpha value is -0.120. The molecule has 14 heavy (non-hydrogen) atoms. The first kappa shape index (κ1) is 12.0. The Morgan fingerprint density at radius 3 is 2.79 bits per heavy atom. The van der Waals surface area contributed by atoms with Gasteiger partial charge in [-0.25, -0.2) is 0 Å². The van der Waals surface area contributed by atoms with E-state index in [0.717, 1.165) is 26.1 Å². The third-order valence-electron chi connectivity index (χ3n) is 3.26. The fourth-order valence-electron chi connectivity index (χ4n) is 2.29. The second kappa shape index (κ2) is 5.10. The van der Waals surface area contributed by atoms with Gasteiger partial charge in [-0.1, -0.05) is 13.8 Å². The standard InChI is InChI=1S/C11H24N2O/c1-11(2)9-13(6-4-5-12)7-10(11)8-14-3/h10H,4-9,12H2,1-3H3. The van der Waals surface area contributed by atoms with E-state index in [1.54, 1.807) is 7.11 Å². The molecule has 0 amide bonds. The van der Waals surface area contributed by atoms with Crippen molar-refractivity contribution in [3.05, 3.63) is 0 Å². The van der Waals surface area contributed by atoms with Crippen molar-refractivity contribution in [2.45, 2.75) is 20.3 Å². The van der Waals surface area contributed by atoms with Crippen molar-refractivity contribution < 1.29 is 4.74 Å². The van der Waals surface area contributed by atoms with Crippen LogP contribution < -0.4 is 5.73 Å². The lowest BCUT2D eigenvalue weighted by molar-refractivity contribution is 0.112. The van der Waals surface area contributed by atoms with Gasteiger partial charge in [0.2, 0.25) is 0 Å². The largest absolute Gasteiger partial charge is 0.384 e. The highest BCUT2D eigenvalue weighted by atomic mass is 16.5. The van der Waals surface area contributed by atoms with Gasteiger partial charge in [0.05, 0.1) is 6.61 Å². The molecule has 1 heterocycles. The lowest BCUT2D eigenvalue weighted by Crippen LogP contribution is -2.26. The molecule has 3 heteroatoms. The summed E-state index contributed by atoms with van der Waals surface area (Å²) in [5, 5.41) is 0. The smallest absolute Gasteiger partial charge is 0.0508 e. The summed E-state index contributed by atoms with van der Waals surface area (Å²) in [7, 11) is 1.79. The third kappa shape index (κ3) is 2.94. The van der Waals surface area contributed by atoms with Gasteiger partial charge in [0.25, 0.3) is 0 Å². The molecule has 1 rings (SSSR count). The Balaban J connectivity index is 2.40. The molecule has 1 atom stereocenters. The molecule has 0 aromatic rings. The van der Waals surface area contributed by atoms with Crippen LogP contribution in [0.15, 0.2) is 0 Å². The first-order chi connectivity index (χ1) is 6.60. The Bertz CT molecular complexity index is 171. The van der Waals surface area contributed by atoms with Crippen LogP contribution in [-0.2, 0) is 4.74 Å². The normalized spacial score (nSPS) is 27.0. The SMILES string of the molecule is COCC1CN(CCCN)CC1(C)C. The van der Waals surface area contributed by atoms with Crippen LogP contribution in [0.25, 0.3) is 0 Å². The molecule has 84 valence electrons. The zero-order valence-corrected chi connectivity index (χ0v) is 9.75. The summed E-state index contributed by atoms with van der Waals surface area (Å²) in [5.41, 5.74) is 5.91. The molecule has 1 unspecified atom stereocenters. The monoisotopic (exact) mass is 200 g/mol. The Morgan fingerprint density at radius 2 is 2.21 bits per heavy atom. The molecule has 0 aromatic carbocycles. The molecule has 1 aliphatic heterocycles. The summed E-state index contributed by atoms with van der Waals surface area (Å²) in [6.45, 7) is 9.83. The van der Waals surface area contributed by atoms with Gasteiger partial charge < -0.3 is 15.4 Å². The molecule has 0 spiro atoms. The summed E-state index contributed by atoms with van der Waals surface area (Å²) in [6.07, 6.45) is 1.11. The van der Waals surface area contributed by atoms with Gasteiger partial charge in [-0.05, 0) is 24.9 Å². The molecule has 0 saturated carbocycles. The van der Waals surface area contributed by atoms with Crippen molar-refractivity contribution in [3.8, 4) is 0 Å². The van der Waals surface area contributed by atoms with E-state index < -0.39 is 0 Å². The van der Waals surface area contributed by atoms with Crippen molar-refractivity contribution in [3.63, 3.8) is 0 Å². The molecular weight excluding hydrogens is 176 g/mol. The quantitative estimate of drug-likeness (QED) is 0.718. The molecule has 0 bridgehead atoms. The molecular formula is C11H24N2O. The van der Waals surface area contributed by atoms with E-state index in [4.69, 9.17) is 10.5 Å².